The average molecular weight is 237 g/mol. The fourth-order valence-corrected chi connectivity index (χ4v) is 1.26. The standard InChI is InChI=1S/C10H9ClN4O/c11-6-10(16)14-8-2-3-9(12-7-8)15-5-1-4-13-15/h1-5,7H,6H2,(H,14,16). The first-order valence-corrected chi connectivity index (χ1v) is 5.15. The molecule has 0 aliphatic rings. The summed E-state index contributed by atoms with van der Waals surface area (Å²) < 4.78 is 1.63. The zero-order chi connectivity index (χ0) is 11.4. The SMILES string of the molecule is O=C(CCl)Nc1ccc(-n2cccn2)nc1. The highest BCUT2D eigenvalue weighted by Crippen LogP contribution is 2.08. The van der Waals surface area contributed by atoms with E-state index in [-0.39, 0.29) is 11.8 Å². The minimum atomic E-state index is -0.254. The molecule has 1 amide bonds. The molecule has 2 rings (SSSR count). The Labute approximate surface area is 97.1 Å². The van der Waals surface area contributed by atoms with Crippen molar-refractivity contribution in [2.45, 2.75) is 0 Å². The van der Waals surface area contributed by atoms with Gasteiger partial charge in [-0.15, -0.1) is 11.6 Å². The maximum Gasteiger partial charge on any atom is 0.239 e. The summed E-state index contributed by atoms with van der Waals surface area (Å²) in [5, 5.41) is 6.64. The molecule has 2 aromatic rings. The highest BCUT2D eigenvalue weighted by molar-refractivity contribution is 6.29. The Morgan fingerprint density at radius 1 is 1.50 bits per heavy atom. The van der Waals surface area contributed by atoms with Gasteiger partial charge in [-0.3, -0.25) is 4.79 Å². The van der Waals surface area contributed by atoms with E-state index >= 15 is 0 Å². The second-order valence-electron chi connectivity index (χ2n) is 3.04. The van der Waals surface area contributed by atoms with Gasteiger partial charge in [0.25, 0.3) is 0 Å². The van der Waals surface area contributed by atoms with Crippen LogP contribution < -0.4 is 5.32 Å². The van der Waals surface area contributed by atoms with Gasteiger partial charge >= 0.3 is 0 Å². The third-order valence-electron chi connectivity index (χ3n) is 1.89. The van der Waals surface area contributed by atoms with Gasteiger partial charge in [-0.05, 0) is 18.2 Å². The Hall–Kier alpha value is -1.88. The number of carbonyl (C=O) groups excluding carboxylic acids is 1. The minimum absolute atomic E-state index is 0.0685. The second-order valence-corrected chi connectivity index (χ2v) is 3.30. The molecule has 0 aromatic carbocycles. The summed E-state index contributed by atoms with van der Waals surface area (Å²) in [4.78, 5) is 15.2. The molecule has 0 saturated heterocycles. The van der Waals surface area contributed by atoms with Crippen LogP contribution in [0.2, 0.25) is 0 Å². The molecule has 6 heteroatoms. The van der Waals surface area contributed by atoms with Crippen LogP contribution in [0.3, 0.4) is 0 Å². The molecule has 82 valence electrons. The van der Waals surface area contributed by atoms with Gasteiger partial charge in [0.2, 0.25) is 5.91 Å². The number of hydrogen-bond acceptors (Lipinski definition) is 3. The highest BCUT2D eigenvalue weighted by Gasteiger charge is 2.01. The van der Waals surface area contributed by atoms with E-state index in [1.54, 1.807) is 35.4 Å². The monoisotopic (exact) mass is 236 g/mol. The first-order chi connectivity index (χ1) is 7.79. The fourth-order valence-electron chi connectivity index (χ4n) is 1.19. The Kier molecular flexibility index (Phi) is 3.16. The summed E-state index contributed by atoms with van der Waals surface area (Å²) in [7, 11) is 0. The quantitative estimate of drug-likeness (QED) is 0.821. The number of rotatable bonds is 3. The summed E-state index contributed by atoms with van der Waals surface area (Å²) in [5.41, 5.74) is 0.613. The minimum Gasteiger partial charge on any atom is -0.324 e. The van der Waals surface area contributed by atoms with Gasteiger partial charge in [0.05, 0.1) is 11.9 Å². The third kappa shape index (κ3) is 2.38. The van der Waals surface area contributed by atoms with Crippen LogP contribution in [0.1, 0.15) is 0 Å². The van der Waals surface area contributed by atoms with E-state index in [4.69, 9.17) is 11.6 Å². The topological polar surface area (TPSA) is 59.8 Å². The van der Waals surface area contributed by atoms with Gasteiger partial charge in [-0.2, -0.15) is 5.10 Å². The van der Waals surface area contributed by atoms with E-state index in [1.807, 2.05) is 6.07 Å². The van der Waals surface area contributed by atoms with Gasteiger partial charge in [-0.25, -0.2) is 9.67 Å². The van der Waals surface area contributed by atoms with Crippen molar-refractivity contribution in [2.75, 3.05) is 11.2 Å². The molecular weight excluding hydrogens is 228 g/mol. The lowest BCUT2D eigenvalue weighted by Crippen LogP contribution is -2.12. The lowest BCUT2D eigenvalue weighted by molar-refractivity contribution is -0.113. The molecule has 0 atom stereocenters. The van der Waals surface area contributed by atoms with Crippen LogP contribution in [-0.4, -0.2) is 26.6 Å². The number of nitrogens with zero attached hydrogens (tertiary/aromatic N) is 3. The zero-order valence-electron chi connectivity index (χ0n) is 8.30. The molecule has 0 saturated carbocycles. The third-order valence-corrected chi connectivity index (χ3v) is 2.13. The molecule has 16 heavy (non-hydrogen) atoms. The Bertz CT molecular complexity index is 466. The van der Waals surface area contributed by atoms with Crippen molar-refractivity contribution in [1.29, 1.82) is 0 Å². The number of amides is 1. The summed E-state index contributed by atoms with van der Waals surface area (Å²) >= 11 is 5.37. The van der Waals surface area contributed by atoms with Crippen LogP contribution in [0.5, 0.6) is 0 Å². The fraction of sp³-hybridized carbons (Fsp3) is 0.100. The number of pyridine rings is 1. The molecule has 2 heterocycles. The van der Waals surface area contributed by atoms with Crippen molar-refractivity contribution < 1.29 is 4.79 Å². The normalized spacial score (nSPS) is 10.1. The number of hydrogen-bond donors (Lipinski definition) is 1. The number of nitrogens with one attached hydrogen (secondary N) is 1. The Morgan fingerprint density at radius 2 is 2.38 bits per heavy atom. The Morgan fingerprint density at radius 3 is 2.94 bits per heavy atom. The van der Waals surface area contributed by atoms with Gasteiger partial charge in [0.15, 0.2) is 5.82 Å². The molecule has 0 aliphatic carbocycles. The first-order valence-electron chi connectivity index (χ1n) is 4.61. The lowest BCUT2D eigenvalue weighted by atomic mass is 10.4. The van der Waals surface area contributed by atoms with Gasteiger partial charge in [-0.1, -0.05) is 0 Å². The van der Waals surface area contributed by atoms with Crippen LogP contribution in [0.15, 0.2) is 36.8 Å². The van der Waals surface area contributed by atoms with Crippen LogP contribution >= 0.6 is 11.6 Å². The van der Waals surface area contributed by atoms with Crippen molar-refractivity contribution in [3.05, 3.63) is 36.8 Å². The summed E-state index contributed by atoms with van der Waals surface area (Å²) in [5.74, 6) is 0.366. The maximum atomic E-state index is 11.0. The van der Waals surface area contributed by atoms with E-state index in [2.05, 4.69) is 15.4 Å². The second kappa shape index (κ2) is 4.76. The van der Waals surface area contributed by atoms with Gasteiger partial charge < -0.3 is 5.32 Å². The van der Waals surface area contributed by atoms with Gasteiger partial charge in [0.1, 0.15) is 5.88 Å². The molecule has 2 aromatic heterocycles. The van der Waals surface area contributed by atoms with Crippen LogP contribution in [0.25, 0.3) is 5.82 Å². The van der Waals surface area contributed by atoms with Crippen molar-refractivity contribution in [1.82, 2.24) is 14.8 Å². The van der Waals surface area contributed by atoms with E-state index < -0.39 is 0 Å². The number of halogens is 1. The van der Waals surface area contributed by atoms with E-state index in [1.165, 1.54) is 0 Å². The molecule has 0 fully saturated rings. The van der Waals surface area contributed by atoms with Gasteiger partial charge in [0, 0.05) is 12.4 Å². The largest absolute Gasteiger partial charge is 0.324 e. The van der Waals surface area contributed by atoms with Crippen molar-refractivity contribution in [3.8, 4) is 5.82 Å². The number of aromatic nitrogens is 3. The Balaban J connectivity index is 2.14. The predicted octanol–water partition coefficient (Wildman–Crippen LogP) is 1.44. The van der Waals surface area contributed by atoms with Crippen LogP contribution in [-0.2, 0) is 4.79 Å². The first kappa shape index (κ1) is 10.6. The summed E-state index contributed by atoms with van der Waals surface area (Å²) in [6.45, 7) is 0. The molecule has 0 spiro atoms. The van der Waals surface area contributed by atoms with Crippen molar-refractivity contribution >= 4 is 23.2 Å². The lowest BCUT2D eigenvalue weighted by Gasteiger charge is -2.04. The molecule has 0 unspecified atom stereocenters. The molecular formula is C10H9ClN4O. The molecule has 0 aliphatic heterocycles. The molecule has 0 bridgehead atoms. The van der Waals surface area contributed by atoms with Crippen LogP contribution in [0.4, 0.5) is 5.69 Å². The number of alkyl halides is 1. The molecule has 5 nitrogen and oxygen atoms in total. The van der Waals surface area contributed by atoms with Crippen LogP contribution in [0, 0.1) is 0 Å². The zero-order valence-corrected chi connectivity index (χ0v) is 9.05. The van der Waals surface area contributed by atoms with E-state index in [0.29, 0.717) is 11.5 Å². The molecule has 0 radical (unpaired) electrons. The van der Waals surface area contributed by atoms with E-state index in [9.17, 15) is 4.79 Å². The van der Waals surface area contributed by atoms with Crippen molar-refractivity contribution in [3.63, 3.8) is 0 Å². The predicted molar refractivity (Wildman–Crippen MR) is 60.7 cm³/mol. The average Bonchev–Trinajstić information content (AvgIpc) is 2.83. The van der Waals surface area contributed by atoms with Crippen molar-refractivity contribution in [2.24, 2.45) is 0 Å². The number of carbonyl (C=O) groups is 1. The summed E-state index contributed by atoms with van der Waals surface area (Å²) in [6, 6.07) is 5.32. The molecule has 1 N–H and O–H groups in total. The highest BCUT2D eigenvalue weighted by atomic mass is 35.5. The smallest absolute Gasteiger partial charge is 0.239 e. The number of anilines is 1. The van der Waals surface area contributed by atoms with E-state index in [0.717, 1.165) is 0 Å². The summed E-state index contributed by atoms with van der Waals surface area (Å²) in [6.07, 6.45) is 5.02. The maximum absolute atomic E-state index is 11.0.